The molecule has 122 valence electrons. The van der Waals surface area contributed by atoms with E-state index in [-0.39, 0.29) is 0 Å². The maximum atomic E-state index is 11.8. The molecule has 1 amide bonds. The van der Waals surface area contributed by atoms with E-state index < -0.39 is 11.7 Å². The van der Waals surface area contributed by atoms with Crippen LogP contribution in [0.4, 0.5) is 16.2 Å². The van der Waals surface area contributed by atoms with Crippen molar-refractivity contribution in [2.75, 3.05) is 10.6 Å². The molecule has 1 fully saturated rings. The summed E-state index contributed by atoms with van der Waals surface area (Å²) in [6, 6.07) is 8.38. The van der Waals surface area contributed by atoms with Crippen molar-refractivity contribution in [2.24, 2.45) is 5.92 Å². The van der Waals surface area contributed by atoms with Gasteiger partial charge in [0.2, 0.25) is 0 Å². The Morgan fingerprint density at radius 1 is 1.27 bits per heavy atom. The molecule has 2 unspecified atom stereocenters. The van der Waals surface area contributed by atoms with Crippen LogP contribution in [0.15, 0.2) is 24.3 Å². The number of anilines is 2. The van der Waals surface area contributed by atoms with Crippen LogP contribution in [0.25, 0.3) is 0 Å². The minimum atomic E-state index is -0.488. The van der Waals surface area contributed by atoms with Gasteiger partial charge >= 0.3 is 6.09 Å². The minimum absolute atomic E-state index is 0.419. The summed E-state index contributed by atoms with van der Waals surface area (Å²) >= 11 is 0. The molecule has 22 heavy (non-hydrogen) atoms. The Bertz CT molecular complexity index is 508. The molecule has 2 rings (SSSR count). The molecule has 0 spiro atoms. The Morgan fingerprint density at radius 2 is 2.00 bits per heavy atom. The Kier molecular flexibility index (Phi) is 5.33. The van der Waals surface area contributed by atoms with Crippen LogP contribution in [0.5, 0.6) is 0 Å². The first kappa shape index (κ1) is 16.7. The van der Waals surface area contributed by atoms with Crippen molar-refractivity contribution in [1.82, 2.24) is 0 Å². The first-order valence-electron chi connectivity index (χ1n) is 8.24. The molecule has 2 atom stereocenters. The molecule has 2 N–H and O–H groups in total. The van der Waals surface area contributed by atoms with Crippen molar-refractivity contribution in [3.8, 4) is 0 Å². The average Bonchev–Trinajstić information content (AvgIpc) is 2.84. The van der Waals surface area contributed by atoms with Crippen molar-refractivity contribution in [1.29, 1.82) is 0 Å². The summed E-state index contributed by atoms with van der Waals surface area (Å²) in [4.78, 5) is 11.8. The third-order valence-electron chi connectivity index (χ3n) is 4.04. The van der Waals surface area contributed by atoms with Crippen LogP contribution in [0, 0.1) is 5.92 Å². The van der Waals surface area contributed by atoms with Gasteiger partial charge in [0, 0.05) is 17.4 Å². The summed E-state index contributed by atoms with van der Waals surface area (Å²) in [5.74, 6) is 0.752. The van der Waals surface area contributed by atoms with Crippen LogP contribution in [-0.2, 0) is 4.74 Å². The molecule has 1 aliphatic carbocycles. The molecule has 1 saturated carbocycles. The highest BCUT2D eigenvalue weighted by atomic mass is 16.6. The number of ether oxygens (including phenoxy) is 1. The number of amides is 1. The number of hydrogen-bond donors (Lipinski definition) is 2. The predicted octanol–water partition coefficient (Wildman–Crippen LogP) is 5.02. The summed E-state index contributed by atoms with van der Waals surface area (Å²) in [5, 5.41) is 6.40. The number of nitrogens with one attached hydrogen (secondary N) is 2. The minimum Gasteiger partial charge on any atom is -0.444 e. The van der Waals surface area contributed by atoms with Crippen molar-refractivity contribution in [3.05, 3.63) is 24.3 Å². The van der Waals surface area contributed by atoms with E-state index in [0.29, 0.717) is 6.04 Å². The van der Waals surface area contributed by atoms with Crippen molar-refractivity contribution in [2.45, 2.75) is 65.0 Å². The lowest BCUT2D eigenvalue weighted by Crippen LogP contribution is -2.27. The van der Waals surface area contributed by atoms with Crippen LogP contribution < -0.4 is 10.6 Å². The van der Waals surface area contributed by atoms with Gasteiger partial charge in [-0.05, 0) is 57.7 Å². The fourth-order valence-corrected chi connectivity index (χ4v) is 3.04. The maximum Gasteiger partial charge on any atom is 0.412 e. The normalized spacial score (nSPS) is 21.5. The molecule has 0 bridgehead atoms. The third-order valence-corrected chi connectivity index (χ3v) is 4.04. The fourth-order valence-electron chi connectivity index (χ4n) is 3.04. The van der Waals surface area contributed by atoms with Gasteiger partial charge in [0.15, 0.2) is 0 Å². The summed E-state index contributed by atoms with van der Waals surface area (Å²) < 4.78 is 5.28. The highest BCUT2D eigenvalue weighted by molar-refractivity contribution is 5.85. The fraction of sp³-hybridized carbons (Fsp3) is 0.611. The zero-order chi connectivity index (χ0) is 16.2. The second-order valence-corrected chi connectivity index (χ2v) is 7.06. The molecular weight excluding hydrogens is 276 g/mol. The van der Waals surface area contributed by atoms with E-state index in [1.165, 1.54) is 25.7 Å². The smallest absolute Gasteiger partial charge is 0.412 e. The van der Waals surface area contributed by atoms with E-state index in [2.05, 4.69) is 17.6 Å². The predicted molar refractivity (Wildman–Crippen MR) is 91.3 cm³/mol. The lowest BCUT2D eigenvalue weighted by Gasteiger charge is -2.22. The van der Waals surface area contributed by atoms with E-state index in [1.54, 1.807) is 0 Å². The highest BCUT2D eigenvalue weighted by Crippen LogP contribution is 2.31. The summed E-state index contributed by atoms with van der Waals surface area (Å²) in [6.45, 7) is 7.83. The monoisotopic (exact) mass is 304 g/mol. The van der Waals surface area contributed by atoms with Gasteiger partial charge in [-0.25, -0.2) is 4.79 Å². The summed E-state index contributed by atoms with van der Waals surface area (Å²) in [6.07, 6.45) is 4.63. The largest absolute Gasteiger partial charge is 0.444 e. The van der Waals surface area contributed by atoms with E-state index in [4.69, 9.17) is 4.74 Å². The topological polar surface area (TPSA) is 50.4 Å². The number of carbonyl (C=O) groups excluding carboxylic acids is 1. The van der Waals surface area contributed by atoms with E-state index in [9.17, 15) is 4.79 Å². The molecule has 0 saturated heterocycles. The van der Waals surface area contributed by atoms with Crippen LogP contribution >= 0.6 is 0 Å². The lowest BCUT2D eigenvalue weighted by molar-refractivity contribution is 0.0636. The third kappa shape index (κ3) is 4.93. The number of benzene rings is 1. The maximum absolute atomic E-state index is 11.8. The van der Waals surface area contributed by atoms with Gasteiger partial charge in [-0.15, -0.1) is 0 Å². The van der Waals surface area contributed by atoms with E-state index >= 15 is 0 Å². The van der Waals surface area contributed by atoms with Crippen LogP contribution in [0.1, 0.15) is 53.4 Å². The zero-order valence-electron chi connectivity index (χ0n) is 14.1. The van der Waals surface area contributed by atoms with Crippen molar-refractivity contribution in [3.63, 3.8) is 0 Å². The molecule has 4 heteroatoms. The molecule has 0 aliphatic heterocycles. The number of rotatable bonds is 4. The molecule has 1 aromatic carbocycles. The molecule has 1 aromatic rings. The van der Waals surface area contributed by atoms with Gasteiger partial charge in [0.25, 0.3) is 0 Å². The van der Waals surface area contributed by atoms with Gasteiger partial charge in [-0.3, -0.25) is 5.32 Å². The number of carbonyl (C=O) groups is 1. The van der Waals surface area contributed by atoms with Gasteiger partial charge in [0.05, 0.1) is 0 Å². The van der Waals surface area contributed by atoms with Crippen LogP contribution in [0.3, 0.4) is 0 Å². The number of hydrogen-bond acceptors (Lipinski definition) is 3. The van der Waals surface area contributed by atoms with Gasteiger partial charge < -0.3 is 10.1 Å². The van der Waals surface area contributed by atoms with Crippen LogP contribution in [0.2, 0.25) is 0 Å². The lowest BCUT2D eigenvalue weighted by atomic mass is 10.0. The first-order valence-corrected chi connectivity index (χ1v) is 8.24. The Labute approximate surface area is 133 Å². The molecule has 4 nitrogen and oxygen atoms in total. The molecule has 0 aromatic heterocycles. The quantitative estimate of drug-likeness (QED) is 0.820. The first-order chi connectivity index (χ1) is 10.4. The van der Waals surface area contributed by atoms with Crippen molar-refractivity contribution >= 4 is 17.5 Å². The standard InChI is InChI=1S/C18H28N2O2/c1-5-13-8-6-11-16(13)19-14-9-7-10-15(12-14)20-17(21)22-18(2,3)4/h7,9-10,12-13,16,19H,5-6,8,11H2,1-4H3,(H,20,21). The Hall–Kier alpha value is -1.71. The van der Waals surface area contributed by atoms with Gasteiger partial charge in [-0.1, -0.05) is 25.8 Å². The van der Waals surface area contributed by atoms with Gasteiger partial charge in [-0.2, -0.15) is 0 Å². The Balaban J connectivity index is 1.96. The van der Waals surface area contributed by atoms with Crippen LogP contribution in [-0.4, -0.2) is 17.7 Å². The average molecular weight is 304 g/mol. The SMILES string of the molecule is CCC1CCCC1Nc1cccc(NC(=O)OC(C)(C)C)c1. The molecule has 1 aliphatic rings. The highest BCUT2D eigenvalue weighted by Gasteiger charge is 2.25. The molecular formula is C18H28N2O2. The second kappa shape index (κ2) is 7.03. The van der Waals surface area contributed by atoms with E-state index in [0.717, 1.165) is 17.3 Å². The Morgan fingerprint density at radius 3 is 2.68 bits per heavy atom. The molecule has 0 heterocycles. The second-order valence-electron chi connectivity index (χ2n) is 7.06. The summed E-state index contributed by atoms with van der Waals surface area (Å²) in [5.41, 5.74) is 1.32. The summed E-state index contributed by atoms with van der Waals surface area (Å²) in [7, 11) is 0. The zero-order valence-corrected chi connectivity index (χ0v) is 14.1. The van der Waals surface area contributed by atoms with Gasteiger partial charge in [0.1, 0.15) is 5.60 Å². The van der Waals surface area contributed by atoms with E-state index in [1.807, 2.05) is 45.0 Å². The van der Waals surface area contributed by atoms with Crippen molar-refractivity contribution < 1.29 is 9.53 Å². The molecule has 0 radical (unpaired) electrons.